The summed E-state index contributed by atoms with van der Waals surface area (Å²) >= 11 is 6.23. The fraction of sp³-hybridized carbons (Fsp3) is 0.414. The zero-order chi connectivity index (χ0) is 28.8. The number of hydrogen-bond acceptors (Lipinski definition) is 7. The SMILES string of the molecule is COc1cc(NC(=O)CC[C@@H]2CCCC[C@H]2NC(=O)c2c(-c3c(F)cccc3Cl)noc2C)cc(OC)c1OC. The number of aromatic nitrogens is 1. The van der Waals surface area contributed by atoms with Gasteiger partial charge in [-0.3, -0.25) is 9.59 Å². The Kier molecular flexibility index (Phi) is 9.52. The van der Waals surface area contributed by atoms with Crippen LogP contribution in [0, 0.1) is 18.7 Å². The number of halogens is 2. The number of carbonyl (C=O) groups excluding carboxylic acids is 2. The lowest BCUT2D eigenvalue weighted by Gasteiger charge is -2.32. The van der Waals surface area contributed by atoms with Gasteiger partial charge in [0.1, 0.15) is 22.8 Å². The number of ether oxygens (including phenoxy) is 3. The molecule has 0 spiro atoms. The van der Waals surface area contributed by atoms with Crippen LogP contribution in [0.2, 0.25) is 5.02 Å². The Labute approximate surface area is 237 Å². The molecule has 1 heterocycles. The molecule has 0 saturated heterocycles. The zero-order valence-corrected chi connectivity index (χ0v) is 23.7. The molecule has 40 heavy (non-hydrogen) atoms. The summed E-state index contributed by atoms with van der Waals surface area (Å²) in [6.07, 6.45) is 4.44. The van der Waals surface area contributed by atoms with Gasteiger partial charge in [0.2, 0.25) is 11.7 Å². The molecule has 11 heteroatoms. The number of amides is 2. The molecular formula is C29H33ClFN3O6. The van der Waals surface area contributed by atoms with E-state index in [-0.39, 0.29) is 51.9 Å². The lowest BCUT2D eigenvalue weighted by molar-refractivity contribution is -0.116. The Hall–Kier alpha value is -3.79. The zero-order valence-electron chi connectivity index (χ0n) is 22.9. The van der Waals surface area contributed by atoms with Crippen molar-refractivity contribution in [2.45, 2.75) is 51.5 Å². The van der Waals surface area contributed by atoms with Crippen LogP contribution in [0.1, 0.15) is 54.6 Å². The van der Waals surface area contributed by atoms with Crippen LogP contribution in [0.4, 0.5) is 10.1 Å². The van der Waals surface area contributed by atoms with Gasteiger partial charge < -0.3 is 29.4 Å². The molecule has 0 radical (unpaired) electrons. The van der Waals surface area contributed by atoms with Gasteiger partial charge in [-0.1, -0.05) is 35.7 Å². The monoisotopic (exact) mass is 573 g/mol. The molecule has 2 N–H and O–H groups in total. The van der Waals surface area contributed by atoms with Crippen LogP contribution in [0.5, 0.6) is 17.2 Å². The summed E-state index contributed by atoms with van der Waals surface area (Å²) in [4.78, 5) is 26.3. The molecule has 0 unspecified atom stereocenters. The van der Waals surface area contributed by atoms with Crippen LogP contribution < -0.4 is 24.8 Å². The van der Waals surface area contributed by atoms with Crippen LogP contribution in [-0.2, 0) is 4.79 Å². The van der Waals surface area contributed by atoms with Gasteiger partial charge >= 0.3 is 0 Å². The summed E-state index contributed by atoms with van der Waals surface area (Å²) in [6.45, 7) is 1.60. The van der Waals surface area contributed by atoms with Gasteiger partial charge in [-0.25, -0.2) is 4.39 Å². The molecule has 3 aromatic rings. The number of hydrogen-bond donors (Lipinski definition) is 2. The smallest absolute Gasteiger partial charge is 0.257 e. The van der Waals surface area contributed by atoms with Gasteiger partial charge in [-0.15, -0.1) is 0 Å². The van der Waals surface area contributed by atoms with E-state index >= 15 is 0 Å². The topological polar surface area (TPSA) is 112 Å². The Bertz CT molecular complexity index is 1330. The second kappa shape index (κ2) is 13.0. The van der Waals surface area contributed by atoms with Crippen LogP contribution >= 0.6 is 11.6 Å². The van der Waals surface area contributed by atoms with Crippen molar-refractivity contribution in [1.82, 2.24) is 10.5 Å². The van der Waals surface area contributed by atoms with E-state index in [9.17, 15) is 14.0 Å². The largest absolute Gasteiger partial charge is 0.493 e. The molecule has 9 nitrogen and oxygen atoms in total. The normalized spacial score (nSPS) is 16.8. The van der Waals surface area contributed by atoms with Crippen molar-refractivity contribution in [2.75, 3.05) is 26.6 Å². The average Bonchev–Trinajstić information content (AvgIpc) is 3.32. The second-order valence-electron chi connectivity index (χ2n) is 9.68. The summed E-state index contributed by atoms with van der Waals surface area (Å²) in [5.74, 6) is 0.492. The molecular weight excluding hydrogens is 541 g/mol. The first-order chi connectivity index (χ1) is 19.3. The van der Waals surface area contributed by atoms with Crippen molar-refractivity contribution in [2.24, 2.45) is 5.92 Å². The van der Waals surface area contributed by atoms with E-state index in [1.165, 1.54) is 39.5 Å². The standard InChI is InChI=1S/C29H33ClFN3O6/c1-16-25(27(34-40-16)26-19(30)9-7-10-20(26)31)29(36)33-21-11-6-5-8-17(21)12-13-24(35)32-18-14-22(37-2)28(39-4)23(15-18)38-3/h7,9-10,14-15,17,21H,5-6,8,11-13H2,1-4H3,(H,32,35)(H,33,36)/t17-,21+/m0/s1. The Balaban J connectivity index is 1.43. The Morgan fingerprint density at radius 1 is 1.10 bits per heavy atom. The third kappa shape index (κ3) is 6.33. The van der Waals surface area contributed by atoms with Gasteiger partial charge in [0, 0.05) is 30.3 Å². The first-order valence-electron chi connectivity index (χ1n) is 13.1. The average molecular weight is 574 g/mol. The molecule has 2 amide bonds. The summed E-state index contributed by atoms with van der Waals surface area (Å²) in [5.41, 5.74) is 0.761. The van der Waals surface area contributed by atoms with Crippen molar-refractivity contribution < 1.29 is 32.7 Å². The fourth-order valence-electron chi connectivity index (χ4n) is 5.21. The van der Waals surface area contributed by atoms with Crippen molar-refractivity contribution in [3.8, 4) is 28.5 Å². The van der Waals surface area contributed by atoms with E-state index in [2.05, 4.69) is 15.8 Å². The maximum Gasteiger partial charge on any atom is 0.257 e. The Morgan fingerprint density at radius 2 is 1.80 bits per heavy atom. The molecule has 0 aliphatic heterocycles. The minimum atomic E-state index is -0.594. The van der Waals surface area contributed by atoms with Crippen molar-refractivity contribution in [3.05, 3.63) is 52.5 Å². The number of carbonyl (C=O) groups is 2. The van der Waals surface area contributed by atoms with E-state index in [1.807, 2.05) is 0 Å². The molecule has 1 aromatic heterocycles. The highest BCUT2D eigenvalue weighted by atomic mass is 35.5. The van der Waals surface area contributed by atoms with E-state index in [4.69, 9.17) is 30.3 Å². The van der Waals surface area contributed by atoms with Crippen molar-refractivity contribution in [3.63, 3.8) is 0 Å². The van der Waals surface area contributed by atoms with Crippen molar-refractivity contribution in [1.29, 1.82) is 0 Å². The summed E-state index contributed by atoms with van der Waals surface area (Å²) < 4.78 is 35.9. The lowest BCUT2D eigenvalue weighted by Crippen LogP contribution is -2.42. The summed E-state index contributed by atoms with van der Waals surface area (Å²) in [6, 6.07) is 7.46. The lowest BCUT2D eigenvalue weighted by atomic mass is 9.81. The summed E-state index contributed by atoms with van der Waals surface area (Å²) in [7, 11) is 4.53. The molecule has 2 atom stereocenters. The third-order valence-corrected chi connectivity index (χ3v) is 7.52. The highest BCUT2D eigenvalue weighted by Gasteiger charge is 2.31. The highest BCUT2D eigenvalue weighted by molar-refractivity contribution is 6.33. The van der Waals surface area contributed by atoms with Gasteiger partial charge in [-0.05, 0) is 44.2 Å². The van der Waals surface area contributed by atoms with Crippen LogP contribution in [0.25, 0.3) is 11.3 Å². The molecule has 1 aliphatic carbocycles. The number of aryl methyl sites for hydroxylation is 1. The minimum Gasteiger partial charge on any atom is -0.493 e. The second-order valence-corrected chi connectivity index (χ2v) is 10.1. The number of benzene rings is 2. The van der Waals surface area contributed by atoms with Crippen LogP contribution in [0.15, 0.2) is 34.9 Å². The third-order valence-electron chi connectivity index (χ3n) is 7.21. The Morgan fingerprint density at radius 3 is 2.45 bits per heavy atom. The molecule has 1 saturated carbocycles. The summed E-state index contributed by atoms with van der Waals surface area (Å²) in [5, 5.41) is 10.1. The molecule has 1 fully saturated rings. The first-order valence-corrected chi connectivity index (χ1v) is 13.5. The van der Waals surface area contributed by atoms with Gasteiger partial charge in [0.05, 0.1) is 31.9 Å². The van der Waals surface area contributed by atoms with Crippen molar-refractivity contribution >= 4 is 29.1 Å². The molecule has 214 valence electrons. The van der Waals surface area contributed by atoms with E-state index in [0.29, 0.717) is 29.4 Å². The number of nitrogens with one attached hydrogen (secondary N) is 2. The predicted molar refractivity (Wildman–Crippen MR) is 149 cm³/mol. The van der Waals surface area contributed by atoms with Gasteiger partial charge in [0.15, 0.2) is 11.5 Å². The number of anilines is 1. The van der Waals surface area contributed by atoms with E-state index in [1.54, 1.807) is 19.1 Å². The minimum absolute atomic E-state index is 0.0230. The maximum absolute atomic E-state index is 14.6. The maximum atomic E-state index is 14.6. The van der Waals surface area contributed by atoms with E-state index < -0.39 is 11.7 Å². The fourth-order valence-corrected chi connectivity index (χ4v) is 5.46. The number of methoxy groups -OCH3 is 3. The number of nitrogens with zero attached hydrogens (tertiary/aromatic N) is 1. The van der Waals surface area contributed by atoms with Crippen LogP contribution in [-0.4, -0.2) is 44.3 Å². The van der Waals surface area contributed by atoms with E-state index in [0.717, 1.165) is 25.7 Å². The number of rotatable bonds is 10. The quantitative estimate of drug-likeness (QED) is 0.298. The van der Waals surface area contributed by atoms with Gasteiger partial charge in [-0.2, -0.15) is 0 Å². The predicted octanol–water partition coefficient (Wildman–Crippen LogP) is 6.18. The molecule has 1 aliphatic rings. The highest BCUT2D eigenvalue weighted by Crippen LogP contribution is 2.40. The first kappa shape index (κ1) is 29.2. The van der Waals surface area contributed by atoms with Crippen LogP contribution in [0.3, 0.4) is 0 Å². The molecule has 0 bridgehead atoms. The molecule has 2 aromatic carbocycles. The van der Waals surface area contributed by atoms with Gasteiger partial charge in [0.25, 0.3) is 5.91 Å². The molecule has 4 rings (SSSR count).